The van der Waals surface area contributed by atoms with Crippen LogP contribution in [-0.4, -0.2) is 56.4 Å². The number of carbonyl (C=O) groups is 1. The Balaban J connectivity index is 1.50. The fourth-order valence-electron chi connectivity index (χ4n) is 3.43. The van der Waals surface area contributed by atoms with Crippen molar-refractivity contribution in [2.45, 2.75) is 26.4 Å². The molecule has 5 nitrogen and oxygen atoms in total. The molecular formula is C18H27N3O2. The molecule has 23 heavy (non-hydrogen) atoms. The molecule has 2 heterocycles. The van der Waals surface area contributed by atoms with E-state index in [0.29, 0.717) is 12.5 Å². The minimum atomic E-state index is -0.0143. The summed E-state index contributed by atoms with van der Waals surface area (Å²) in [5, 5.41) is 3.04. The number of para-hydroxylation sites is 1. The Bertz CT molecular complexity index is 547. The number of urea groups is 1. The van der Waals surface area contributed by atoms with Crippen LogP contribution in [0.4, 0.5) is 10.5 Å². The van der Waals surface area contributed by atoms with E-state index in [4.69, 9.17) is 4.74 Å². The molecule has 1 N–H and O–H groups in total. The Kier molecular flexibility index (Phi) is 5.18. The zero-order valence-corrected chi connectivity index (χ0v) is 14.1. The number of anilines is 1. The summed E-state index contributed by atoms with van der Waals surface area (Å²) in [7, 11) is 0. The van der Waals surface area contributed by atoms with Crippen molar-refractivity contribution in [2.24, 2.45) is 5.92 Å². The molecule has 1 fully saturated rings. The molecule has 2 aliphatic rings. The number of rotatable bonds is 4. The van der Waals surface area contributed by atoms with Gasteiger partial charge in [-0.1, -0.05) is 32.0 Å². The normalized spacial score (nSPS) is 21.5. The molecule has 0 spiro atoms. The number of ether oxygens (including phenoxy) is 1. The zero-order valence-electron chi connectivity index (χ0n) is 14.1. The van der Waals surface area contributed by atoms with Gasteiger partial charge in [-0.3, -0.25) is 9.80 Å². The molecule has 1 saturated heterocycles. The second-order valence-electron chi connectivity index (χ2n) is 6.86. The summed E-state index contributed by atoms with van der Waals surface area (Å²) < 4.78 is 5.80. The minimum absolute atomic E-state index is 0.0143. The number of carbonyl (C=O) groups excluding carboxylic acids is 1. The molecule has 1 unspecified atom stereocenters. The minimum Gasteiger partial charge on any atom is -0.374 e. The summed E-state index contributed by atoms with van der Waals surface area (Å²) in [6.45, 7) is 9.53. The first kappa shape index (κ1) is 16.3. The summed E-state index contributed by atoms with van der Waals surface area (Å²) in [6.07, 6.45) is 1.02. The average Bonchev–Trinajstić information content (AvgIpc) is 2.96. The van der Waals surface area contributed by atoms with Gasteiger partial charge in [0.2, 0.25) is 0 Å². The molecule has 1 aromatic carbocycles. The van der Waals surface area contributed by atoms with Crippen LogP contribution in [0.5, 0.6) is 0 Å². The van der Waals surface area contributed by atoms with Crippen molar-refractivity contribution >= 4 is 11.7 Å². The number of fused-ring (bicyclic) bond motifs is 1. The van der Waals surface area contributed by atoms with Crippen LogP contribution >= 0.6 is 0 Å². The molecule has 3 rings (SSSR count). The summed E-state index contributed by atoms with van der Waals surface area (Å²) in [6, 6.07) is 8.11. The fourth-order valence-corrected chi connectivity index (χ4v) is 3.43. The van der Waals surface area contributed by atoms with Gasteiger partial charge in [0.25, 0.3) is 0 Å². The van der Waals surface area contributed by atoms with Gasteiger partial charge in [0.1, 0.15) is 0 Å². The maximum Gasteiger partial charge on any atom is 0.321 e. The summed E-state index contributed by atoms with van der Waals surface area (Å²) in [5.41, 5.74) is 2.29. The molecule has 0 aromatic heterocycles. The smallest absolute Gasteiger partial charge is 0.321 e. The van der Waals surface area contributed by atoms with E-state index in [1.54, 1.807) is 0 Å². The number of nitrogens with zero attached hydrogens (tertiary/aromatic N) is 2. The quantitative estimate of drug-likeness (QED) is 0.925. The first-order chi connectivity index (χ1) is 11.1. The van der Waals surface area contributed by atoms with E-state index in [1.807, 2.05) is 23.1 Å². The summed E-state index contributed by atoms with van der Waals surface area (Å²) in [5.74, 6) is 0.657. The predicted octanol–water partition coefficient (Wildman–Crippen LogP) is 2.12. The van der Waals surface area contributed by atoms with Crippen molar-refractivity contribution in [2.75, 3.05) is 44.2 Å². The van der Waals surface area contributed by atoms with Crippen molar-refractivity contribution in [3.63, 3.8) is 0 Å². The third-order valence-corrected chi connectivity index (χ3v) is 4.46. The largest absolute Gasteiger partial charge is 0.374 e. The number of nitrogens with one attached hydrogen (secondary N) is 1. The van der Waals surface area contributed by atoms with Crippen molar-refractivity contribution in [3.8, 4) is 0 Å². The number of hydrogen-bond donors (Lipinski definition) is 1. The molecular weight excluding hydrogens is 290 g/mol. The van der Waals surface area contributed by atoms with Gasteiger partial charge in [-0.15, -0.1) is 0 Å². The number of morpholine rings is 1. The highest BCUT2D eigenvalue weighted by Crippen LogP contribution is 2.27. The summed E-state index contributed by atoms with van der Waals surface area (Å²) in [4.78, 5) is 16.7. The lowest BCUT2D eigenvalue weighted by molar-refractivity contribution is -0.0289. The van der Waals surface area contributed by atoms with Crippen LogP contribution in [0.3, 0.4) is 0 Å². The van der Waals surface area contributed by atoms with E-state index in [-0.39, 0.29) is 12.1 Å². The zero-order chi connectivity index (χ0) is 16.2. The Hall–Kier alpha value is -1.59. The SMILES string of the molecule is CC(C)CN1CCOC(CNC(=O)N2CCc3ccccc32)C1. The third-order valence-electron chi connectivity index (χ3n) is 4.46. The maximum atomic E-state index is 12.5. The number of benzene rings is 1. The third kappa shape index (κ3) is 4.03. The molecule has 0 saturated carbocycles. The van der Waals surface area contributed by atoms with E-state index in [0.717, 1.165) is 44.9 Å². The van der Waals surface area contributed by atoms with E-state index < -0.39 is 0 Å². The lowest BCUT2D eigenvalue weighted by Crippen LogP contribution is -2.50. The molecule has 2 aliphatic heterocycles. The summed E-state index contributed by atoms with van der Waals surface area (Å²) >= 11 is 0. The second-order valence-corrected chi connectivity index (χ2v) is 6.86. The Morgan fingerprint density at radius 2 is 2.17 bits per heavy atom. The van der Waals surface area contributed by atoms with Gasteiger partial charge in [0, 0.05) is 38.4 Å². The van der Waals surface area contributed by atoms with Crippen molar-refractivity contribution in [1.82, 2.24) is 10.2 Å². The Morgan fingerprint density at radius 1 is 1.35 bits per heavy atom. The topological polar surface area (TPSA) is 44.8 Å². The standard InChI is InChI=1S/C18H27N3O2/c1-14(2)12-20-9-10-23-16(13-20)11-19-18(22)21-8-7-15-5-3-4-6-17(15)21/h3-6,14,16H,7-13H2,1-2H3,(H,19,22). The molecule has 0 radical (unpaired) electrons. The van der Waals surface area contributed by atoms with Crippen molar-refractivity contribution < 1.29 is 9.53 Å². The molecule has 2 amide bonds. The number of amides is 2. The van der Waals surface area contributed by atoms with Gasteiger partial charge in [-0.25, -0.2) is 4.79 Å². The Morgan fingerprint density at radius 3 is 3.00 bits per heavy atom. The van der Waals surface area contributed by atoms with Gasteiger partial charge in [-0.05, 0) is 24.0 Å². The van der Waals surface area contributed by atoms with Crippen LogP contribution in [0, 0.1) is 5.92 Å². The molecule has 5 heteroatoms. The van der Waals surface area contributed by atoms with Crippen LogP contribution in [0.15, 0.2) is 24.3 Å². The van der Waals surface area contributed by atoms with Crippen LogP contribution < -0.4 is 10.2 Å². The van der Waals surface area contributed by atoms with Crippen molar-refractivity contribution in [3.05, 3.63) is 29.8 Å². The highest BCUT2D eigenvalue weighted by molar-refractivity contribution is 5.94. The molecule has 0 bridgehead atoms. The molecule has 1 atom stereocenters. The maximum absolute atomic E-state index is 12.5. The van der Waals surface area contributed by atoms with E-state index in [1.165, 1.54) is 5.56 Å². The van der Waals surface area contributed by atoms with Gasteiger partial charge >= 0.3 is 6.03 Å². The van der Waals surface area contributed by atoms with Crippen molar-refractivity contribution in [1.29, 1.82) is 0 Å². The average molecular weight is 317 g/mol. The second kappa shape index (κ2) is 7.32. The lowest BCUT2D eigenvalue weighted by atomic mass is 10.2. The van der Waals surface area contributed by atoms with Gasteiger partial charge < -0.3 is 10.1 Å². The number of hydrogen-bond acceptors (Lipinski definition) is 3. The van der Waals surface area contributed by atoms with E-state index >= 15 is 0 Å². The highest BCUT2D eigenvalue weighted by atomic mass is 16.5. The highest BCUT2D eigenvalue weighted by Gasteiger charge is 2.26. The van der Waals surface area contributed by atoms with Gasteiger partial charge in [-0.2, -0.15) is 0 Å². The van der Waals surface area contributed by atoms with E-state index in [2.05, 4.69) is 30.1 Å². The van der Waals surface area contributed by atoms with Crippen LogP contribution in [0.1, 0.15) is 19.4 Å². The predicted molar refractivity (Wildman–Crippen MR) is 91.9 cm³/mol. The van der Waals surface area contributed by atoms with Crippen LogP contribution in [0.2, 0.25) is 0 Å². The van der Waals surface area contributed by atoms with Crippen LogP contribution in [-0.2, 0) is 11.2 Å². The first-order valence-corrected chi connectivity index (χ1v) is 8.60. The molecule has 1 aromatic rings. The Labute approximate surface area is 138 Å². The van der Waals surface area contributed by atoms with Gasteiger partial charge in [0.15, 0.2) is 0 Å². The monoisotopic (exact) mass is 317 g/mol. The van der Waals surface area contributed by atoms with Crippen LogP contribution in [0.25, 0.3) is 0 Å². The molecule has 126 valence electrons. The van der Waals surface area contributed by atoms with Gasteiger partial charge in [0.05, 0.1) is 12.7 Å². The fraction of sp³-hybridized carbons (Fsp3) is 0.611. The lowest BCUT2D eigenvalue weighted by Gasteiger charge is -2.34. The molecule has 0 aliphatic carbocycles. The van der Waals surface area contributed by atoms with E-state index in [9.17, 15) is 4.79 Å². The first-order valence-electron chi connectivity index (χ1n) is 8.60.